The summed E-state index contributed by atoms with van der Waals surface area (Å²) in [5.74, 6) is 1.94. The molecule has 38 heavy (non-hydrogen) atoms. The van der Waals surface area contributed by atoms with Crippen molar-refractivity contribution >= 4 is 45.3 Å². The molecule has 1 aromatic rings. The van der Waals surface area contributed by atoms with Crippen molar-refractivity contribution in [3.05, 3.63) is 45.0 Å². The number of carbonyl (C=O) groups excluding carboxylic acids is 1. The summed E-state index contributed by atoms with van der Waals surface area (Å²) < 4.78 is 3.35. The van der Waals surface area contributed by atoms with Crippen LogP contribution in [0.5, 0.6) is 0 Å². The molecular weight excluding hydrogens is 675 g/mol. The smallest absolute Gasteiger partial charge is 0.312 e. The molecule has 1 aromatic carbocycles. The van der Waals surface area contributed by atoms with Gasteiger partial charge in [0.1, 0.15) is 19.6 Å². The Morgan fingerprint density at radius 1 is 1.18 bits per heavy atom. The molecule has 3 saturated carbocycles. The molecule has 206 valence electrons. The number of hydrogen-bond acceptors (Lipinski definition) is 5. The van der Waals surface area contributed by atoms with E-state index in [1.165, 1.54) is 12.0 Å². The monoisotopic (exact) mass is 712 g/mol. The number of amidine groups is 1. The zero-order valence-corrected chi connectivity index (χ0v) is 26.8. The van der Waals surface area contributed by atoms with Crippen molar-refractivity contribution in [1.29, 1.82) is 0 Å². The number of Topliss-reactive ketones (excluding diaryl/α,β-unsaturated/α-hetero) is 1. The molecule has 4 unspecified atom stereocenters. The van der Waals surface area contributed by atoms with Crippen molar-refractivity contribution in [2.45, 2.75) is 75.9 Å². The number of benzene rings is 1. The van der Waals surface area contributed by atoms with Crippen molar-refractivity contribution in [2.24, 2.45) is 28.6 Å². The normalized spacial score (nSPS) is 42.9. The fourth-order valence-corrected chi connectivity index (χ4v) is 11.6. The van der Waals surface area contributed by atoms with Gasteiger partial charge in [-0.3, -0.25) is 4.79 Å². The highest BCUT2D eigenvalue weighted by Gasteiger charge is 2.76. The van der Waals surface area contributed by atoms with Crippen LogP contribution in [0.4, 0.5) is 0 Å². The highest BCUT2D eigenvalue weighted by atomic mass is 127. The van der Waals surface area contributed by atoms with Crippen LogP contribution in [0.2, 0.25) is 0 Å². The maximum Gasteiger partial charge on any atom is 0.312 e. The number of carbonyl (C=O) groups is 1. The molecule has 2 aliphatic heterocycles. The standard InChI is InChI=1S/C30H38IN2O3S.BrH/c1-28-11-9-21(34)15-19(28)5-8-22-23(28)10-12-29(2)24(22)16-26-30(29,36)33-14-13-32(27(33)37-26)17-25(35)18-3-6-20(31)7-4-18;/h3-7,21-24,26,34,36H,8-17H2,1-2H3;1H/q+1;/p-1/t21?,22?,23?,24?,26-,28+,29+,30+;/m1./s1. The lowest BCUT2D eigenvalue weighted by Crippen LogP contribution is -3.00. The third-order valence-corrected chi connectivity index (χ3v) is 13.7. The fraction of sp³-hybridized carbons (Fsp3) is 0.667. The van der Waals surface area contributed by atoms with Gasteiger partial charge in [-0.1, -0.05) is 37.6 Å². The first-order chi connectivity index (χ1) is 17.6. The number of thioether (sulfide) groups is 1. The Morgan fingerprint density at radius 2 is 1.95 bits per heavy atom. The van der Waals surface area contributed by atoms with E-state index in [0.717, 1.165) is 65.9 Å². The van der Waals surface area contributed by atoms with Gasteiger partial charge in [0.05, 0.1) is 11.4 Å². The number of nitrogens with zero attached hydrogens (tertiary/aromatic N) is 2. The molecule has 5 nitrogen and oxygen atoms in total. The molecule has 0 bridgehead atoms. The lowest BCUT2D eigenvalue weighted by atomic mass is 9.47. The van der Waals surface area contributed by atoms with E-state index in [1.54, 1.807) is 0 Å². The van der Waals surface area contributed by atoms with Gasteiger partial charge >= 0.3 is 5.17 Å². The number of rotatable bonds is 3. The summed E-state index contributed by atoms with van der Waals surface area (Å²) in [4.78, 5) is 15.4. The van der Waals surface area contributed by atoms with Gasteiger partial charge in [-0.2, -0.15) is 0 Å². The summed E-state index contributed by atoms with van der Waals surface area (Å²) >= 11 is 4.11. The van der Waals surface area contributed by atoms with Crippen molar-refractivity contribution in [1.82, 2.24) is 4.90 Å². The highest BCUT2D eigenvalue weighted by Crippen LogP contribution is 2.70. The van der Waals surface area contributed by atoms with Gasteiger partial charge in [0.25, 0.3) is 0 Å². The Kier molecular flexibility index (Phi) is 6.98. The quantitative estimate of drug-likeness (QED) is 0.217. The molecule has 8 heteroatoms. The predicted molar refractivity (Wildman–Crippen MR) is 155 cm³/mol. The molecular formula is C30H38BrIN2O3S. The summed E-state index contributed by atoms with van der Waals surface area (Å²) in [6.07, 6.45) is 9.56. The fourth-order valence-electron chi connectivity index (χ4n) is 9.44. The Balaban J connectivity index is 0.00000264. The summed E-state index contributed by atoms with van der Waals surface area (Å²) in [5, 5.41) is 24.2. The minimum absolute atomic E-state index is 0. The third-order valence-electron chi connectivity index (χ3n) is 11.5. The molecule has 4 aliphatic carbocycles. The van der Waals surface area contributed by atoms with Crippen molar-refractivity contribution in [3.63, 3.8) is 0 Å². The second-order valence-corrected chi connectivity index (χ2v) is 15.4. The minimum atomic E-state index is -0.836. The van der Waals surface area contributed by atoms with Crippen LogP contribution in [0.25, 0.3) is 0 Å². The molecule has 0 aromatic heterocycles. The van der Waals surface area contributed by atoms with Gasteiger partial charge in [0.15, 0.2) is 0 Å². The molecule has 2 N–H and O–H groups in total. The van der Waals surface area contributed by atoms with Crippen LogP contribution in [0.1, 0.15) is 69.2 Å². The molecule has 7 rings (SSSR count). The summed E-state index contributed by atoms with van der Waals surface area (Å²) in [6, 6.07) is 7.83. The zero-order chi connectivity index (χ0) is 25.7. The van der Waals surface area contributed by atoms with Crippen LogP contribution in [0, 0.1) is 32.2 Å². The number of aliphatic hydroxyl groups is 2. The Morgan fingerprint density at radius 3 is 2.71 bits per heavy atom. The number of halogens is 2. The molecule has 0 amide bonds. The second-order valence-electron chi connectivity index (χ2n) is 13.0. The lowest BCUT2D eigenvalue weighted by Gasteiger charge is -2.58. The largest absolute Gasteiger partial charge is 1.00 e. The topological polar surface area (TPSA) is 63.8 Å². The molecule has 0 radical (unpaired) electrons. The molecule has 4 fully saturated rings. The molecule has 6 aliphatic rings. The van der Waals surface area contributed by atoms with Crippen LogP contribution in [-0.2, 0) is 0 Å². The zero-order valence-electron chi connectivity index (χ0n) is 22.2. The van der Waals surface area contributed by atoms with Crippen LogP contribution < -0.4 is 17.0 Å². The van der Waals surface area contributed by atoms with Crippen molar-refractivity contribution in [2.75, 3.05) is 19.6 Å². The Bertz CT molecular complexity index is 1220. The van der Waals surface area contributed by atoms with E-state index in [2.05, 4.69) is 52.0 Å². The number of allylic oxidation sites excluding steroid dienone is 1. The van der Waals surface area contributed by atoms with Gasteiger partial charge < -0.3 is 27.2 Å². The van der Waals surface area contributed by atoms with Crippen LogP contribution in [-0.4, -0.2) is 67.4 Å². The average Bonchev–Trinajstić information content (AvgIpc) is 3.47. The predicted octanol–water partition coefficient (Wildman–Crippen LogP) is 1.90. The summed E-state index contributed by atoms with van der Waals surface area (Å²) in [6.45, 7) is 6.82. The third kappa shape index (κ3) is 3.75. The summed E-state index contributed by atoms with van der Waals surface area (Å²) in [5.41, 5.74) is 1.51. The van der Waals surface area contributed by atoms with E-state index in [-0.39, 0.29) is 44.9 Å². The van der Waals surface area contributed by atoms with E-state index in [1.807, 2.05) is 36.0 Å². The molecule has 8 atom stereocenters. The van der Waals surface area contributed by atoms with Gasteiger partial charge in [0.2, 0.25) is 11.5 Å². The first-order valence-corrected chi connectivity index (χ1v) is 16.1. The molecule has 2 heterocycles. The maximum atomic E-state index is 13.1. The Hall–Kier alpha value is -0.420. The maximum absolute atomic E-state index is 13.1. The van der Waals surface area contributed by atoms with E-state index in [9.17, 15) is 15.0 Å². The number of fused-ring (bicyclic) bond motifs is 9. The Labute approximate surface area is 254 Å². The van der Waals surface area contributed by atoms with Crippen molar-refractivity contribution < 1.29 is 36.6 Å². The van der Waals surface area contributed by atoms with Gasteiger partial charge in [-0.05, 0) is 115 Å². The number of hydrogen-bond donors (Lipinski definition) is 2. The minimum Gasteiger partial charge on any atom is -1.00 e. The van der Waals surface area contributed by atoms with Gasteiger partial charge in [0, 0.05) is 14.5 Å². The number of aliphatic hydroxyl groups excluding tert-OH is 1. The van der Waals surface area contributed by atoms with Crippen LogP contribution in [0.15, 0.2) is 35.9 Å². The lowest BCUT2D eigenvalue weighted by molar-refractivity contribution is -0.501. The van der Waals surface area contributed by atoms with E-state index in [0.29, 0.717) is 24.3 Å². The van der Waals surface area contributed by atoms with Crippen molar-refractivity contribution in [3.8, 4) is 0 Å². The van der Waals surface area contributed by atoms with E-state index >= 15 is 0 Å². The van der Waals surface area contributed by atoms with E-state index in [4.69, 9.17) is 0 Å². The second kappa shape index (κ2) is 9.57. The highest BCUT2D eigenvalue weighted by molar-refractivity contribution is 14.1. The van der Waals surface area contributed by atoms with Crippen LogP contribution >= 0.6 is 34.4 Å². The average molecular weight is 714 g/mol. The SMILES string of the molecule is C[C@]12CCC(O)CC1=CCC1C2CC[C@@]2(C)C1C[C@H]1SC3=[N+](CC(=O)c4ccc(I)cc4)CCN3[C@]12O.[Br-]. The van der Waals surface area contributed by atoms with E-state index < -0.39 is 5.72 Å². The van der Waals surface area contributed by atoms with Gasteiger partial charge in [-0.25, -0.2) is 9.48 Å². The summed E-state index contributed by atoms with van der Waals surface area (Å²) in [7, 11) is 0. The van der Waals surface area contributed by atoms with Gasteiger partial charge in [-0.15, -0.1) is 0 Å². The first-order valence-electron chi connectivity index (χ1n) is 14.1. The molecule has 1 saturated heterocycles. The van der Waals surface area contributed by atoms with Crippen LogP contribution in [0.3, 0.4) is 0 Å². The molecule has 0 spiro atoms. The number of ketones is 1. The first kappa shape index (κ1) is 27.7.